The highest BCUT2D eigenvalue weighted by atomic mass is 32.2. The molecule has 3 heterocycles. The smallest absolute Gasteiger partial charge is 0.272 e. The number of hydrogen-bond donors (Lipinski definition) is 3. The first-order valence-corrected chi connectivity index (χ1v) is 10.0. The molecule has 0 radical (unpaired) electrons. The number of nitrogens with one attached hydrogen (secondary N) is 1. The van der Waals surface area contributed by atoms with Gasteiger partial charge in [-0.3, -0.25) is 9.36 Å². The van der Waals surface area contributed by atoms with Crippen LogP contribution in [0.3, 0.4) is 0 Å². The van der Waals surface area contributed by atoms with E-state index in [1.54, 1.807) is 19.2 Å². The van der Waals surface area contributed by atoms with E-state index in [9.17, 15) is 9.90 Å². The van der Waals surface area contributed by atoms with Crippen molar-refractivity contribution in [3.8, 4) is 11.4 Å². The fourth-order valence-electron chi connectivity index (χ4n) is 3.45. The molecule has 0 fully saturated rings. The number of fused-ring (bicyclic) bond motifs is 3. The van der Waals surface area contributed by atoms with Gasteiger partial charge in [-0.2, -0.15) is 0 Å². The largest absolute Gasteiger partial charge is 0.497 e. The standard InChI is InChI=1S/C20H22N4O4S/c1-23(9-13(26)10-25)15-7-8-21-19-16(15)17-18(29-19)20(27)24(11-22-17)12-3-5-14(28-2)6-4-12/h3-8,11,13,19,21,25-26H,9-10H2,1-2H3. The first-order chi connectivity index (χ1) is 14.0. The number of ether oxygens (including phenoxy) is 1. The van der Waals surface area contributed by atoms with Crippen LogP contribution in [0.1, 0.15) is 5.69 Å². The molecule has 4 rings (SSSR count). The summed E-state index contributed by atoms with van der Waals surface area (Å²) < 4.78 is 6.70. The van der Waals surface area contributed by atoms with Crippen molar-refractivity contribution in [2.24, 2.45) is 0 Å². The molecule has 0 saturated heterocycles. The maximum atomic E-state index is 13.2. The number of aliphatic hydroxyl groups excluding tert-OH is 2. The number of hydrogen-bond acceptors (Lipinski definition) is 8. The van der Waals surface area contributed by atoms with E-state index in [-0.39, 0.29) is 24.1 Å². The molecular formula is C20H22N4O4S. The van der Waals surface area contributed by atoms with Gasteiger partial charge in [-0.05, 0) is 36.5 Å². The lowest BCUT2D eigenvalue weighted by atomic mass is 10.1. The number of aromatic nitrogens is 2. The Morgan fingerprint density at radius 1 is 1.38 bits per heavy atom. The Morgan fingerprint density at radius 2 is 2.14 bits per heavy atom. The van der Waals surface area contributed by atoms with E-state index in [0.717, 1.165) is 17.0 Å². The van der Waals surface area contributed by atoms with Gasteiger partial charge in [-0.25, -0.2) is 4.98 Å². The van der Waals surface area contributed by atoms with Crippen LogP contribution in [0, 0.1) is 0 Å². The summed E-state index contributed by atoms with van der Waals surface area (Å²) in [4.78, 5) is 20.2. The number of likely N-dealkylation sites (N-methyl/N-ethyl adjacent to an activating group) is 1. The SMILES string of the molecule is COc1ccc(-n2cnc3c(c2=O)SC2NC=CC(N(C)CC(O)CO)=C32)cc1. The number of methoxy groups -OCH3 is 1. The molecule has 29 heavy (non-hydrogen) atoms. The maximum Gasteiger partial charge on any atom is 0.272 e. The van der Waals surface area contributed by atoms with Crippen LogP contribution < -0.4 is 15.6 Å². The minimum Gasteiger partial charge on any atom is -0.497 e. The summed E-state index contributed by atoms with van der Waals surface area (Å²) in [6.45, 7) is -0.0379. The Labute approximate surface area is 172 Å². The van der Waals surface area contributed by atoms with Crippen LogP contribution in [-0.4, -0.2) is 63.5 Å². The second-order valence-corrected chi connectivity index (χ2v) is 7.92. The highest BCUT2D eigenvalue weighted by molar-refractivity contribution is 8.00. The molecule has 0 bridgehead atoms. The van der Waals surface area contributed by atoms with Crippen molar-refractivity contribution in [2.45, 2.75) is 16.4 Å². The van der Waals surface area contributed by atoms with Crippen molar-refractivity contribution < 1.29 is 14.9 Å². The molecule has 8 nitrogen and oxygen atoms in total. The van der Waals surface area contributed by atoms with Crippen LogP contribution in [0.2, 0.25) is 0 Å². The molecule has 2 atom stereocenters. The predicted octanol–water partition coefficient (Wildman–Crippen LogP) is 0.786. The third kappa shape index (κ3) is 3.52. The number of nitrogens with zero attached hydrogens (tertiary/aromatic N) is 3. The molecule has 1 aromatic heterocycles. The van der Waals surface area contributed by atoms with E-state index < -0.39 is 6.10 Å². The third-order valence-electron chi connectivity index (χ3n) is 4.91. The van der Waals surface area contributed by atoms with E-state index in [2.05, 4.69) is 10.3 Å². The lowest BCUT2D eigenvalue weighted by molar-refractivity contribution is 0.0751. The minimum atomic E-state index is -0.848. The summed E-state index contributed by atoms with van der Waals surface area (Å²) in [5, 5.41) is 22.1. The molecule has 0 spiro atoms. The van der Waals surface area contributed by atoms with Crippen LogP contribution in [0.5, 0.6) is 5.75 Å². The zero-order valence-corrected chi connectivity index (χ0v) is 16.9. The van der Waals surface area contributed by atoms with Gasteiger partial charge in [-0.1, -0.05) is 11.8 Å². The second kappa shape index (κ2) is 7.94. The molecule has 2 aliphatic heterocycles. The summed E-state index contributed by atoms with van der Waals surface area (Å²) in [5.74, 6) is 0.717. The van der Waals surface area contributed by atoms with Crippen LogP contribution in [0.4, 0.5) is 0 Å². The Bertz CT molecular complexity index is 1030. The van der Waals surface area contributed by atoms with Crippen LogP contribution >= 0.6 is 11.8 Å². The molecular weight excluding hydrogens is 392 g/mol. The van der Waals surface area contributed by atoms with E-state index in [0.29, 0.717) is 16.3 Å². The molecule has 0 aliphatic carbocycles. The summed E-state index contributed by atoms with van der Waals surface area (Å²) in [5.41, 5.74) is 2.99. The first kappa shape index (κ1) is 19.6. The van der Waals surface area contributed by atoms with Gasteiger partial charge in [0.25, 0.3) is 5.56 Å². The molecule has 1 aromatic carbocycles. The van der Waals surface area contributed by atoms with Gasteiger partial charge in [0.1, 0.15) is 22.3 Å². The zero-order valence-electron chi connectivity index (χ0n) is 16.1. The lowest BCUT2D eigenvalue weighted by Gasteiger charge is -2.28. The molecule has 152 valence electrons. The average molecular weight is 414 g/mol. The Balaban J connectivity index is 1.75. The van der Waals surface area contributed by atoms with Crippen molar-refractivity contribution in [2.75, 3.05) is 27.3 Å². The number of allylic oxidation sites excluding steroid dienone is 1. The summed E-state index contributed by atoms with van der Waals surface area (Å²) in [6, 6.07) is 7.23. The van der Waals surface area contributed by atoms with Crippen molar-refractivity contribution in [3.63, 3.8) is 0 Å². The van der Waals surface area contributed by atoms with Crippen molar-refractivity contribution in [1.82, 2.24) is 19.8 Å². The minimum absolute atomic E-state index is 0.133. The van der Waals surface area contributed by atoms with E-state index in [1.165, 1.54) is 22.7 Å². The lowest BCUT2D eigenvalue weighted by Crippen LogP contribution is -2.34. The molecule has 2 aromatic rings. The number of dihydropyridines is 1. The van der Waals surface area contributed by atoms with Crippen LogP contribution in [-0.2, 0) is 0 Å². The zero-order chi connectivity index (χ0) is 20.5. The van der Waals surface area contributed by atoms with Crippen molar-refractivity contribution in [3.05, 3.63) is 64.6 Å². The van der Waals surface area contributed by atoms with Crippen molar-refractivity contribution >= 4 is 17.3 Å². The Kier molecular flexibility index (Phi) is 5.35. The van der Waals surface area contributed by atoms with E-state index in [4.69, 9.17) is 9.84 Å². The second-order valence-electron chi connectivity index (χ2n) is 6.81. The van der Waals surface area contributed by atoms with Gasteiger partial charge >= 0.3 is 0 Å². The van der Waals surface area contributed by atoms with Gasteiger partial charge in [0.05, 0.1) is 31.2 Å². The molecule has 2 aliphatic rings. The van der Waals surface area contributed by atoms with E-state index >= 15 is 0 Å². The molecule has 2 unspecified atom stereocenters. The molecule has 3 N–H and O–H groups in total. The fourth-order valence-corrected chi connectivity index (χ4v) is 4.65. The number of benzene rings is 1. The van der Waals surface area contributed by atoms with Crippen LogP contribution in [0.25, 0.3) is 11.3 Å². The predicted molar refractivity (Wildman–Crippen MR) is 111 cm³/mol. The monoisotopic (exact) mass is 414 g/mol. The number of thioether (sulfide) groups is 1. The van der Waals surface area contributed by atoms with E-state index in [1.807, 2.05) is 36.4 Å². The summed E-state index contributed by atoms with van der Waals surface area (Å²) in [6.07, 6.45) is 4.41. The van der Waals surface area contributed by atoms with Crippen molar-refractivity contribution in [1.29, 1.82) is 0 Å². The summed E-state index contributed by atoms with van der Waals surface area (Å²) in [7, 11) is 3.44. The maximum absolute atomic E-state index is 13.2. The fraction of sp³-hybridized carbons (Fsp3) is 0.300. The Morgan fingerprint density at radius 3 is 2.83 bits per heavy atom. The first-order valence-electron chi connectivity index (χ1n) is 9.13. The van der Waals surface area contributed by atoms with Gasteiger partial charge in [0.2, 0.25) is 0 Å². The van der Waals surface area contributed by atoms with Gasteiger partial charge < -0.3 is 25.2 Å². The van der Waals surface area contributed by atoms with Gasteiger partial charge in [0, 0.05) is 24.9 Å². The summed E-state index contributed by atoms with van der Waals surface area (Å²) >= 11 is 1.43. The molecule has 0 amide bonds. The van der Waals surface area contributed by atoms with Crippen LogP contribution in [0.15, 0.2) is 58.3 Å². The molecule has 0 saturated carbocycles. The third-order valence-corrected chi connectivity index (χ3v) is 6.12. The quantitative estimate of drug-likeness (QED) is 0.638. The number of aliphatic hydroxyl groups is 2. The highest BCUT2D eigenvalue weighted by Crippen LogP contribution is 2.44. The normalized spacial score (nSPS) is 18.1. The molecule has 9 heteroatoms. The van der Waals surface area contributed by atoms with Gasteiger partial charge in [0.15, 0.2) is 0 Å². The number of rotatable bonds is 6. The Hall–Kier alpha value is -2.75. The topological polar surface area (TPSA) is 99.9 Å². The highest BCUT2D eigenvalue weighted by Gasteiger charge is 2.36. The average Bonchev–Trinajstić information content (AvgIpc) is 3.13. The van der Waals surface area contributed by atoms with Gasteiger partial charge in [-0.15, -0.1) is 0 Å².